The molecule has 1 aliphatic rings. The molecule has 0 saturated carbocycles. The molecule has 0 fully saturated rings. The number of thiophene rings is 1. The normalized spacial score (nSPS) is 13.2. The summed E-state index contributed by atoms with van der Waals surface area (Å²) in [6, 6.07) is 9.83. The third-order valence-corrected chi connectivity index (χ3v) is 5.98. The summed E-state index contributed by atoms with van der Waals surface area (Å²) in [6.45, 7) is 6.36. The van der Waals surface area contributed by atoms with Crippen molar-refractivity contribution in [3.8, 4) is 11.8 Å². The molecule has 1 aliphatic heterocycles. The van der Waals surface area contributed by atoms with Crippen LogP contribution in [0, 0.1) is 11.3 Å². The SMILES string of the molecule is COc1cccc(CCC(=O)Nc2sc3c(c2C#N)CCN(C(=O)OC(C)(C)C)C3)c1. The summed E-state index contributed by atoms with van der Waals surface area (Å²) in [5.41, 5.74) is 1.86. The maximum atomic E-state index is 12.5. The average molecular weight is 442 g/mol. The highest BCUT2D eigenvalue weighted by molar-refractivity contribution is 7.16. The fraction of sp³-hybridized carbons (Fsp3) is 0.435. The first-order chi connectivity index (χ1) is 14.7. The quantitative estimate of drug-likeness (QED) is 0.738. The zero-order valence-electron chi connectivity index (χ0n) is 18.3. The first-order valence-corrected chi connectivity index (χ1v) is 11.0. The minimum Gasteiger partial charge on any atom is -0.497 e. The van der Waals surface area contributed by atoms with E-state index in [1.807, 2.05) is 45.0 Å². The molecule has 31 heavy (non-hydrogen) atoms. The number of hydrogen-bond donors (Lipinski definition) is 1. The van der Waals surface area contributed by atoms with Crippen LogP contribution >= 0.6 is 11.3 Å². The van der Waals surface area contributed by atoms with Crippen molar-refractivity contribution >= 4 is 28.3 Å². The Labute approximate surface area is 186 Å². The molecule has 1 aromatic heterocycles. The number of ether oxygens (including phenoxy) is 2. The highest BCUT2D eigenvalue weighted by atomic mass is 32.1. The van der Waals surface area contributed by atoms with Gasteiger partial charge in [-0.25, -0.2) is 4.79 Å². The van der Waals surface area contributed by atoms with E-state index in [1.54, 1.807) is 12.0 Å². The zero-order valence-corrected chi connectivity index (χ0v) is 19.1. The summed E-state index contributed by atoms with van der Waals surface area (Å²) in [5.74, 6) is 0.604. The minimum atomic E-state index is -0.563. The van der Waals surface area contributed by atoms with Gasteiger partial charge in [0.15, 0.2) is 0 Å². The highest BCUT2D eigenvalue weighted by Crippen LogP contribution is 2.37. The Morgan fingerprint density at radius 1 is 1.32 bits per heavy atom. The second-order valence-electron chi connectivity index (χ2n) is 8.37. The Hall–Kier alpha value is -3.05. The molecule has 7 nitrogen and oxygen atoms in total. The van der Waals surface area contributed by atoms with Crippen LogP contribution in [-0.2, 0) is 28.9 Å². The lowest BCUT2D eigenvalue weighted by Gasteiger charge is -2.29. The molecule has 2 amide bonds. The van der Waals surface area contributed by atoms with Gasteiger partial charge >= 0.3 is 6.09 Å². The molecule has 2 heterocycles. The van der Waals surface area contributed by atoms with Crippen molar-refractivity contribution in [1.82, 2.24) is 4.90 Å². The van der Waals surface area contributed by atoms with E-state index in [0.29, 0.717) is 42.9 Å². The zero-order chi connectivity index (χ0) is 22.6. The van der Waals surface area contributed by atoms with Gasteiger partial charge in [0, 0.05) is 17.8 Å². The third kappa shape index (κ3) is 5.76. The topological polar surface area (TPSA) is 91.7 Å². The van der Waals surface area contributed by atoms with E-state index in [9.17, 15) is 14.9 Å². The third-order valence-electron chi connectivity index (χ3n) is 4.85. The Bertz CT molecular complexity index is 1020. The van der Waals surface area contributed by atoms with Crippen LogP contribution in [0.4, 0.5) is 9.80 Å². The number of nitrogens with zero attached hydrogens (tertiary/aromatic N) is 2. The van der Waals surface area contributed by atoms with E-state index >= 15 is 0 Å². The minimum absolute atomic E-state index is 0.151. The molecule has 0 spiro atoms. The molecule has 8 heteroatoms. The number of nitrogens with one attached hydrogen (secondary N) is 1. The Balaban J connectivity index is 1.66. The lowest BCUT2D eigenvalue weighted by Crippen LogP contribution is -2.39. The predicted octanol–water partition coefficient (Wildman–Crippen LogP) is 4.49. The summed E-state index contributed by atoms with van der Waals surface area (Å²) >= 11 is 1.36. The molecular weight excluding hydrogens is 414 g/mol. The van der Waals surface area contributed by atoms with Crippen molar-refractivity contribution in [3.63, 3.8) is 0 Å². The number of hydrogen-bond acceptors (Lipinski definition) is 6. The summed E-state index contributed by atoms with van der Waals surface area (Å²) in [7, 11) is 1.61. The lowest BCUT2D eigenvalue weighted by molar-refractivity contribution is -0.116. The Morgan fingerprint density at radius 2 is 2.10 bits per heavy atom. The van der Waals surface area contributed by atoms with Gasteiger partial charge < -0.3 is 19.7 Å². The molecule has 0 atom stereocenters. The summed E-state index contributed by atoms with van der Waals surface area (Å²) < 4.78 is 10.7. The molecule has 3 rings (SSSR count). The molecule has 0 unspecified atom stereocenters. The maximum absolute atomic E-state index is 12.5. The van der Waals surface area contributed by atoms with Crippen molar-refractivity contribution < 1.29 is 19.1 Å². The first-order valence-electron chi connectivity index (χ1n) is 10.2. The lowest BCUT2D eigenvalue weighted by atomic mass is 10.0. The van der Waals surface area contributed by atoms with Gasteiger partial charge in [0.2, 0.25) is 5.91 Å². The van der Waals surface area contributed by atoms with Gasteiger partial charge in [0.1, 0.15) is 22.4 Å². The van der Waals surface area contributed by atoms with Crippen LogP contribution in [-0.4, -0.2) is 36.2 Å². The number of benzene rings is 1. The monoisotopic (exact) mass is 441 g/mol. The van der Waals surface area contributed by atoms with Gasteiger partial charge in [-0.05, 0) is 56.9 Å². The van der Waals surface area contributed by atoms with Crippen LogP contribution < -0.4 is 10.1 Å². The van der Waals surface area contributed by atoms with Crippen LogP contribution in [0.25, 0.3) is 0 Å². The van der Waals surface area contributed by atoms with Crippen LogP contribution in [0.5, 0.6) is 5.75 Å². The Kier molecular flexibility index (Phi) is 6.86. The van der Waals surface area contributed by atoms with E-state index in [0.717, 1.165) is 21.8 Å². The predicted molar refractivity (Wildman–Crippen MR) is 119 cm³/mol. The molecule has 164 valence electrons. The first kappa shape index (κ1) is 22.6. The molecule has 1 aromatic carbocycles. The second-order valence-corrected chi connectivity index (χ2v) is 9.48. The van der Waals surface area contributed by atoms with Crippen LogP contribution in [0.3, 0.4) is 0 Å². The molecule has 2 aromatic rings. The summed E-state index contributed by atoms with van der Waals surface area (Å²) in [5, 5.41) is 13.1. The number of rotatable bonds is 5. The smallest absolute Gasteiger partial charge is 0.410 e. The van der Waals surface area contributed by atoms with Crippen molar-refractivity contribution in [2.75, 3.05) is 19.0 Å². The number of anilines is 1. The molecule has 0 aliphatic carbocycles. The second kappa shape index (κ2) is 9.40. The number of carbonyl (C=O) groups excluding carboxylic acids is 2. The van der Waals surface area contributed by atoms with Crippen molar-refractivity contribution in [3.05, 3.63) is 45.8 Å². The highest BCUT2D eigenvalue weighted by Gasteiger charge is 2.30. The van der Waals surface area contributed by atoms with Crippen molar-refractivity contribution in [1.29, 1.82) is 5.26 Å². The maximum Gasteiger partial charge on any atom is 0.410 e. The number of amides is 2. The van der Waals surface area contributed by atoms with Crippen molar-refractivity contribution in [2.45, 2.75) is 52.2 Å². The fourth-order valence-corrected chi connectivity index (χ4v) is 4.60. The molecule has 0 radical (unpaired) electrons. The fourth-order valence-electron chi connectivity index (χ4n) is 3.37. The number of nitriles is 1. The largest absolute Gasteiger partial charge is 0.497 e. The van der Waals surface area contributed by atoms with Gasteiger partial charge in [-0.1, -0.05) is 12.1 Å². The Morgan fingerprint density at radius 3 is 2.77 bits per heavy atom. The summed E-state index contributed by atoms with van der Waals surface area (Å²) in [4.78, 5) is 27.5. The number of carbonyl (C=O) groups is 2. The number of fused-ring (bicyclic) bond motifs is 1. The van der Waals surface area contributed by atoms with Gasteiger partial charge in [-0.2, -0.15) is 5.26 Å². The molecule has 0 saturated heterocycles. The van der Waals surface area contributed by atoms with Gasteiger partial charge in [-0.3, -0.25) is 4.79 Å². The van der Waals surface area contributed by atoms with E-state index in [4.69, 9.17) is 9.47 Å². The molecule has 1 N–H and O–H groups in total. The van der Waals surface area contributed by atoms with E-state index in [2.05, 4.69) is 11.4 Å². The van der Waals surface area contributed by atoms with E-state index < -0.39 is 5.60 Å². The van der Waals surface area contributed by atoms with Crippen LogP contribution in [0.2, 0.25) is 0 Å². The van der Waals surface area contributed by atoms with Crippen molar-refractivity contribution in [2.24, 2.45) is 0 Å². The van der Waals surface area contributed by atoms with Crippen LogP contribution in [0.1, 0.15) is 48.8 Å². The average Bonchev–Trinajstić information content (AvgIpc) is 3.07. The van der Waals surface area contributed by atoms with Gasteiger partial charge in [0.25, 0.3) is 0 Å². The number of aryl methyl sites for hydroxylation is 1. The van der Waals surface area contributed by atoms with E-state index in [-0.39, 0.29) is 12.0 Å². The van der Waals surface area contributed by atoms with Gasteiger partial charge in [-0.15, -0.1) is 11.3 Å². The number of methoxy groups -OCH3 is 1. The molecule has 0 bridgehead atoms. The van der Waals surface area contributed by atoms with Gasteiger partial charge in [0.05, 0.1) is 19.2 Å². The van der Waals surface area contributed by atoms with Crippen LogP contribution in [0.15, 0.2) is 24.3 Å². The van der Waals surface area contributed by atoms with E-state index in [1.165, 1.54) is 11.3 Å². The standard InChI is InChI=1S/C23H27N3O4S/c1-23(2,3)30-22(28)26-11-10-17-18(13-24)21(31-19(17)14-26)25-20(27)9-8-15-6-5-7-16(12-15)29-4/h5-7,12H,8-11,14H2,1-4H3,(H,25,27). The molecular formula is C23H27N3O4S. The summed E-state index contributed by atoms with van der Waals surface area (Å²) in [6.07, 6.45) is 1.06.